The molecule has 178 valence electrons. The van der Waals surface area contributed by atoms with Gasteiger partial charge < -0.3 is 14.8 Å². The van der Waals surface area contributed by atoms with Gasteiger partial charge >= 0.3 is 18.2 Å². The van der Waals surface area contributed by atoms with E-state index in [9.17, 15) is 22.8 Å². The summed E-state index contributed by atoms with van der Waals surface area (Å²) < 4.78 is 50.8. The number of rotatable bonds is 4. The molecule has 0 bridgehead atoms. The molecule has 0 atom stereocenters. The molecule has 0 fully saturated rings. The van der Waals surface area contributed by atoms with Gasteiger partial charge in [0, 0.05) is 17.0 Å². The van der Waals surface area contributed by atoms with Crippen LogP contribution in [0.2, 0.25) is 0 Å². The van der Waals surface area contributed by atoms with Gasteiger partial charge in [-0.3, -0.25) is 0 Å². The molecule has 2 aromatic rings. The molecule has 0 unspecified atom stereocenters. The molecule has 1 aromatic heterocycles. The number of benzene rings is 1. The van der Waals surface area contributed by atoms with E-state index in [0.717, 1.165) is 23.5 Å². The first-order valence-electron chi connectivity index (χ1n) is 10.3. The molecule has 0 radical (unpaired) electrons. The zero-order valence-corrected chi connectivity index (χ0v) is 20.0. The Morgan fingerprint density at radius 3 is 2.52 bits per heavy atom. The largest absolute Gasteiger partial charge is 0.455 e. The Labute approximate surface area is 193 Å². The normalized spacial score (nSPS) is 17.5. The Morgan fingerprint density at radius 2 is 1.91 bits per heavy atom. The van der Waals surface area contributed by atoms with E-state index in [-0.39, 0.29) is 22.6 Å². The van der Waals surface area contributed by atoms with Gasteiger partial charge in [-0.2, -0.15) is 13.2 Å². The van der Waals surface area contributed by atoms with Gasteiger partial charge in [-0.1, -0.05) is 12.1 Å². The van der Waals surface area contributed by atoms with Crippen LogP contribution in [0.15, 0.2) is 30.0 Å². The number of nitrogens with zero attached hydrogens (tertiary/aromatic N) is 1. The molecule has 0 saturated carbocycles. The molecule has 1 aromatic carbocycles. The number of cyclic esters (lactones) is 1. The SMILES string of the molecule is CCNC(=O)OC1=C(c2nc(-c3cccc(C(F)(F)F)c3)sc2C)C(=O)OC(C)(C)C1(C)C. The van der Waals surface area contributed by atoms with Crippen molar-refractivity contribution >= 4 is 29.0 Å². The highest BCUT2D eigenvalue weighted by Crippen LogP contribution is 2.49. The van der Waals surface area contributed by atoms with E-state index < -0.39 is 34.8 Å². The van der Waals surface area contributed by atoms with E-state index in [4.69, 9.17) is 9.47 Å². The smallest absolute Gasteiger partial charge is 0.416 e. The van der Waals surface area contributed by atoms with Crippen molar-refractivity contribution in [3.63, 3.8) is 0 Å². The maximum atomic E-state index is 13.2. The second-order valence-corrected chi connectivity index (χ2v) is 9.85. The van der Waals surface area contributed by atoms with Crippen LogP contribution in [0.1, 0.15) is 50.8 Å². The summed E-state index contributed by atoms with van der Waals surface area (Å²) in [6.07, 6.45) is -5.22. The molecule has 1 aliphatic heterocycles. The molecular formula is C23H25F3N2O4S. The van der Waals surface area contributed by atoms with Crippen LogP contribution < -0.4 is 5.32 Å². The van der Waals surface area contributed by atoms with Crippen molar-refractivity contribution in [2.24, 2.45) is 5.41 Å². The van der Waals surface area contributed by atoms with Crippen LogP contribution in [-0.4, -0.2) is 29.2 Å². The highest BCUT2D eigenvalue weighted by atomic mass is 32.1. The number of carbonyl (C=O) groups is 2. The quantitative estimate of drug-likeness (QED) is 0.545. The van der Waals surface area contributed by atoms with Gasteiger partial charge in [0.05, 0.1) is 16.7 Å². The van der Waals surface area contributed by atoms with Crippen LogP contribution in [0.25, 0.3) is 16.1 Å². The van der Waals surface area contributed by atoms with E-state index in [1.165, 1.54) is 12.1 Å². The second-order valence-electron chi connectivity index (χ2n) is 8.65. The molecule has 0 saturated heterocycles. The average Bonchev–Trinajstić information content (AvgIpc) is 3.07. The summed E-state index contributed by atoms with van der Waals surface area (Å²) in [4.78, 5) is 30.4. The predicted molar refractivity (Wildman–Crippen MR) is 118 cm³/mol. The maximum absolute atomic E-state index is 13.2. The average molecular weight is 483 g/mol. The van der Waals surface area contributed by atoms with Crippen LogP contribution in [0, 0.1) is 12.3 Å². The van der Waals surface area contributed by atoms with Gasteiger partial charge in [0.2, 0.25) is 0 Å². The molecule has 6 nitrogen and oxygen atoms in total. The Morgan fingerprint density at radius 1 is 1.24 bits per heavy atom. The number of alkyl halides is 3. The van der Waals surface area contributed by atoms with Crippen LogP contribution in [0.3, 0.4) is 0 Å². The zero-order chi connectivity index (χ0) is 24.8. The topological polar surface area (TPSA) is 77.5 Å². The third-order valence-corrected chi connectivity index (χ3v) is 6.86. The van der Waals surface area contributed by atoms with Gasteiger partial charge in [-0.05, 0) is 53.7 Å². The summed E-state index contributed by atoms with van der Waals surface area (Å²) in [7, 11) is 0. The number of halogens is 3. The lowest BCUT2D eigenvalue weighted by Crippen LogP contribution is -2.50. The lowest BCUT2D eigenvalue weighted by molar-refractivity contribution is -0.164. The number of nitrogens with one attached hydrogen (secondary N) is 1. The van der Waals surface area contributed by atoms with E-state index >= 15 is 0 Å². The number of amides is 1. The fraction of sp³-hybridized carbons (Fsp3) is 0.435. The first kappa shape index (κ1) is 24.8. The van der Waals surface area contributed by atoms with E-state index in [1.54, 1.807) is 41.5 Å². The molecule has 1 aliphatic rings. The van der Waals surface area contributed by atoms with E-state index in [0.29, 0.717) is 16.4 Å². The molecule has 10 heteroatoms. The molecule has 1 amide bonds. The third-order valence-electron chi connectivity index (χ3n) is 5.84. The molecular weight excluding hydrogens is 457 g/mol. The fourth-order valence-electron chi connectivity index (χ4n) is 3.33. The van der Waals surface area contributed by atoms with E-state index in [1.807, 2.05) is 0 Å². The number of alkyl carbamates (subject to hydrolysis) is 1. The third kappa shape index (κ3) is 4.62. The summed E-state index contributed by atoms with van der Waals surface area (Å²) in [5, 5.41) is 2.84. The van der Waals surface area contributed by atoms with Crippen LogP contribution in [0.5, 0.6) is 0 Å². The highest BCUT2D eigenvalue weighted by Gasteiger charge is 2.52. The number of esters is 1. The van der Waals surface area contributed by atoms with Crippen molar-refractivity contribution in [2.75, 3.05) is 6.54 Å². The molecule has 1 N–H and O–H groups in total. The lowest BCUT2D eigenvalue weighted by atomic mass is 9.72. The molecule has 0 aliphatic carbocycles. The van der Waals surface area contributed by atoms with Gasteiger partial charge in [-0.25, -0.2) is 14.6 Å². The van der Waals surface area contributed by atoms with Crippen molar-refractivity contribution in [1.82, 2.24) is 10.3 Å². The van der Waals surface area contributed by atoms with Gasteiger partial charge in [0.25, 0.3) is 0 Å². The Balaban J connectivity index is 2.18. The van der Waals surface area contributed by atoms with Crippen molar-refractivity contribution in [3.05, 3.63) is 46.2 Å². The van der Waals surface area contributed by atoms with Gasteiger partial charge in [0.1, 0.15) is 21.9 Å². The van der Waals surface area contributed by atoms with Crippen LogP contribution in [0.4, 0.5) is 18.0 Å². The summed E-state index contributed by atoms with van der Waals surface area (Å²) in [5.74, 6) is -0.624. The standard InChI is InChI=1S/C23H25F3N2O4S/c1-7-27-20(30)31-17-15(19(29)32-22(5,6)21(17,3)4)16-12(2)33-18(28-16)13-9-8-10-14(11-13)23(24,25)26/h8-11H,7H2,1-6H3,(H,27,30). The lowest BCUT2D eigenvalue weighted by Gasteiger charge is -2.45. The van der Waals surface area contributed by atoms with E-state index in [2.05, 4.69) is 10.3 Å². The van der Waals surface area contributed by atoms with Crippen molar-refractivity contribution in [2.45, 2.75) is 53.3 Å². The Hall–Kier alpha value is -2.88. The monoisotopic (exact) mass is 482 g/mol. The number of hydrogen-bond donors (Lipinski definition) is 1. The van der Waals surface area contributed by atoms with Crippen molar-refractivity contribution in [1.29, 1.82) is 0 Å². The Kier molecular flexibility index (Phi) is 6.36. The number of aromatic nitrogens is 1. The summed E-state index contributed by atoms with van der Waals surface area (Å²) in [5.41, 5.74) is -2.25. The molecule has 0 spiro atoms. The fourth-order valence-corrected chi connectivity index (χ4v) is 4.24. The van der Waals surface area contributed by atoms with Crippen molar-refractivity contribution < 1.29 is 32.2 Å². The summed E-state index contributed by atoms with van der Waals surface area (Å²) in [6, 6.07) is 4.81. The summed E-state index contributed by atoms with van der Waals surface area (Å²) in [6.45, 7) is 10.7. The maximum Gasteiger partial charge on any atom is 0.416 e. The first-order chi connectivity index (χ1) is 15.2. The summed E-state index contributed by atoms with van der Waals surface area (Å²) >= 11 is 1.14. The van der Waals surface area contributed by atoms with Crippen molar-refractivity contribution in [3.8, 4) is 10.6 Å². The van der Waals surface area contributed by atoms with Crippen LogP contribution >= 0.6 is 11.3 Å². The number of carbonyl (C=O) groups excluding carboxylic acids is 2. The number of ether oxygens (including phenoxy) is 2. The molecule has 2 heterocycles. The molecule has 3 rings (SSSR count). The number of hydrogen-bond acceptors (Lipinski definition) is 6. The Bertz CT molecular complexity index is 1130. The minimum Gasteiger partial charge on any atom is -0.455 e. The van der Waals surface area contributed by atoms with Gasteiger partial charge in [-0.15, -0.1) is 11.3 Å². The number of thiazole rings is 1. The van der Waals surface area contributed by atoms with Gasteiger partial charge in [0.15, 0.2) is 0 Å². The minimum atomic E-state index is -4.50. The highest BCUT2D eigenvalue weighted by molar-refractivity contribution is 7.15. The zero-order valence-electron chi connectivity index (χ0n) is 19.1. The second kappa shape index (κ2) is 8.48. The molecule has 33 heavy (non-hydrogen) atoms. The minimum absolute atomic E-state index is 0.0162. The number of aryl methyl sites for hydroxylation is 1. The van der Waals surface area contributed by atoms with Crippen LogP contribution in [-0.2, 0) is 20.4 Å². The first-order valence-corrected chi connectivity index (χ1v) is 11.1. The predicted octanol–water partition coefficient (Wildman–Crippen LogP) is 5.96.